The van der Waals surface area contributed by atoms with Gasteiger partial charge in [-0.1, -0.05) is 40.2 Å². The highest BCUT2D eigenvalue weighted by Crippen LogP contribution is 2.32. The fourth-order valence-electron chi connectivity index (χ4n) is 2.83. The predicted molar refractivity (Wildman–Crippen MR) is 84.5 cm³/mol. The Morgan fingerprint density at radius 1 is 1.25 bits per heavy atom. The molecule has 1 nitrogen and oxygen atoms in total. The number of nitrogens with zero attached hydrogens (tertiary/aromatic N) is 1. The number of hydrogen-bond donors (Lipinski definition) is 0. The summed E-state index contributed by atoms with van der Waals surface area (Å²) in [6, 6.07) is 14.2. The molecule has 1 aliphatic heterocycles. The maximum Gasteiger partial charge on any atom is 0.129 e. The molecule has 20 heavy (non-hydrogen) atoms. The number of anilines is 1. The van der Waals surface area contributed by atoms with Gasteiger partial charge in [-0.25, -0.2) is 4.39 Å². The van der Waals surface area contributed by atoms with Crippen molar-refractivity contribution in [2.75, 3.05) is 4.90 Å². The maximum absolute atomic E-state index is 14.1. The van der Waals surface area contributed by atoms with Crippen LogP contribution in [0.2, 0.25) is 0 Å². The van der Waals surface area contributed by atoms with Gasteiger partial charge in [0.2, 0.25) is 0 Å². The van der Waals surface area contributed by atoms with E-state index in [4.69, 9.17) is 0 Å². The number of halogens is 2. The molecule has 2 aromatic carbocycles. The van der Waals surface area contributed by atoms with E-state index in [0.717, 1.165) is 22.9 Å². The summed E-state index contributed by atoms with van der Waals surface area (Å²) in [5.74, 6) is -0.144. The molecule has 1 atom stereocenters. The molecule has 0 saturated carbocycles. The van der Waals surface area contributed by atoms with Crippen LogP contribution in [0.15, 0.2) is 46.9 Å². The molecule has 0 aliphatic carbocycles. The summed E-state index contributed by atoms with van der Waals surface area (Å²) in [7, 11) is 0. The Bertz CT molecular complexity index is 626. The number of benzene rings is 2. The molecule has 0 saturated heterocycles. The third kappa shape index (κ3) is 2.59. The van der Waals surface area contributed by atoms with E-state index >= 15 is 0 Å². The van der Waals surface area contributed by atoms with Gasteiger partial charge in [0.25, 0.3) is 0 Å². The average Bonchev–Trinajstić information content (AvgIpc) is 2.44. The van der Waals surface area contributed by atoms with Crippen molar-refractivity contribution in [3.05, 3.63) is 63.9 Å². The first-order chi connectivity index (χ1) is 9.65. The quantitative estimate of drug-likeness (QED) is 0.753. The Morgan fingerprint density at radius 3 is 2.85 bits per heavy atom. The Balaban J connectivity index is 1.93. The summed E-state index contributed by atoms with van der Waals surface area (Å²) in [4.78, 5) is 2.31. The lowest BCUT2D eigenvalue weighted by molar-refractivity contribution is 0.543. The first-order valence-corrected chi connectivity index (χ1v) is 7.73. The molecular weight excluding hydrogens is 317 g/mol. The van der Waals surface area contributed by atoms with Gasteiger partial charge in [0.05, 0.1) is 0 Å². The molecule has 0 spiro atoms. The van der Waals surface area contributed by atoms with Gasteiger partial charge in [-0.15, -0.1) is 0 Å². The molecule has 0 N–H and O–H groups in total. The molecule has 2 aromatic rings. The summed E-state index contributed by atoms with van der Waals surface area (Å²) in [6.07, 6.45) is 2.23. The van der Waals surface area contributed by atoms with Crippen molar-refractivity contribution in [2.45, 2.75) is 32.4 Å². The van der Waals surface area contributed by atoms with E-state index in [0.29, 0.717) is 12.6 Å². The van der Waals surface area contributed by atoms with E-state index < -0.39 is 0 Å². The second-order valence-corrected chi connectivity index (χ2v) is 6.30. The van der Waals surface area contributed by atoms with Crippen molar-refractivity contribution in [3.8, 4) is 0 Å². The van der Waals surface area contributed by atoms with Crippen molar-refractivity contribution < 1.29 is 4.39 Å². The third-order valence-electron chi connectivity index (χ3n) is 4.02. The van der Waals surface area contributed by atoms with Crippen LogP contribution in [0.1, 0.15) is 24.5 Å². The van der Waals surface area contributed by atoms with E-state index in [9.17, 15) is 4.39 Å². The first-order valence-electron chi connectivity index (χ1n) is 6.93. The predicted octanol–water partition coefficient (Wildman–Crippen LogP) is 4.93. The molecule has 3 heteroatoms. The zero-order valence-corrected chi connectivity index (χ0v) is 13.0. The number of aryl methyl sites for hydroxylation is 1. The largest absolute Gasteiger partial charge is 0.364 e. The van der Waals surface area contributed by atoms with Crippen LogP contribution in [0.4, 0.5) is 10.1 Å². The fourth-order valence-corrected chi connectivity index (χ4v) is 3.17. The molecule has 0 bridgehead atoms. The molecule has 1 unspecified atom stereocenters. The van der Waals surface area contributed by atoms with Gasteiger partial charge in [0.1, 0.15) is 5.82 Å². The normalized spacial score (nSPS) is 17.9. The van der Waals surface area contributed by atoms with Gasteiger partial charge in [-0.3, -0.25) is 0 Å². The van der Waals surface area contributed by atoms with E-state index in [1.807, 2.05) is 12.1 Å². The van der Waals surface area contributed by atoms with Crippen LogP contribution in [0.3, 0.4) is 0 Å². The Labute approximate surface area is 127 Å². The molecule has 3 rings (SSSR count). The molecule has 0 aromatic heterocycles. The van der Waals surface area contributed by atoms with Crippen LogP contribution in [0.5, 0.6) is 0 Å². The lowest BCUT2D eigenvalue weighted by atomic mass is 9.96. The van der Waals surface area contributed by atoms with Gasteiger partial charge in [0, 0.05) is 28.3 Å². The minimum Gasteiger partial charge on any atom is -0.364 e. The lowest BCUT2D eigenvalue weighted by Gasteiger charge is -2.37. The van der Waals surface area contributed by atoms with Crippen LogP contribution in [0.25, 0.3) is 0 Å². The van der Waals surface area contributed by atoms with Gasteiger partial charge in [-0.05, 0) is 43.5 Å². The second-order valence-electron chi connectivity index (χ2n) is 5.38. The number of hydrogen-bond acceptors (Lipinski definition) is 1. The van der Waals surface area contributed by atoms with Crippen molar-refractivity contribution in [1.82, 2.24) is 0 Å². The Morgan fingerprint density at radius 2 is 2.05 bits per heavy atom. The third-order valence-corrected chi connectivity index (χ3v) is 4.51. The summed E-state index contributed by atoms with van der Waals surface area (Å²) in [5, 5.41) is 0. The number of rotatable bonds is 2. The smallest absolute Gasteiger partial charge is 0.129 e. The summed E-state index contributed by atoms with van der Waals surface area (Å²) < 4.78 is 14.8. The molecule has 0 amide bonds. The summed E-state index contributed by atoms with van der Waals surface area (Å²) in [6.45, 7) is 2.84. The molecular formula is C17H17BrFN. The van der Waals surface area contributed by atoms with Gasteiger partial charge < -0.3 is 4.90 Å². The van der Waals surface area contributed by atoms with Crippen molar-refractivity contribution in [2.24, 2.45) is 0 Å². The summed E-state index contributed by atoms with van der Waals surface area (Å²) in [5.41, 5.74) is 3.36. The van der Waals surface area contributed by atoms with Crippen molar-refractivity contribution in [3.63, 3.8) is 0 Å². The molecule has 1 aliphatic rings. The van der Waals surface area contributed by atoms with Crippen LogP contribution in [0, 0.1) is 5.82 Å². The van der Waals surface area contributed by atoms with Gasteiger partial charge >= 0.3 is 0 Å². The van der Waals surface area contributed by atoms with Crippen LogP contribution in [-0.4, -0.2) is 6.04 Å². The van der Waals surface area contributed by atoms with E-state index in [1.165, 1.54) is 17.3 Å². The minimum absolute atomic E-state index is 0.144. The number of para-hydroxylation sites is 1. The zero-order chi connectivity index (χ0) is 14.1. The van der Waals surface area contributed by atoms with E-state index in [1.54, 1.807) is 0 Å². The topological polar surface area (TPSA) is 3.24 Å². The monoisotopic (exact) mass is 333 g/mol. The highest BCUT2D eigenvalue weighted by atomic mass is 79.9. The van der Waals surface area contributed by atoms with Gasteiger partial charge in [0.15, 0.2) is 0 Å². The Kier molecular flexibility index (Phi) is 3.79. The SMILES string of the molecule is CC1CCc2ccccc2N1Cc1ccc(Br)cc1F. The van der Waals surface area contributed by atoms with Crippen LogP contribution < -0.4 is 4.90 Å². The number of fused-ring (bicyclic) bond motifs is 1. The summed E-state index contributed by atoms with van der Waals surface area (Å²) >= 11 is 3.31. The van der Waals surface area contributed by atoms with Crippen molar-refractivity contribution in [1.29, 1.82) is 0 Å². The highest BCUT2D eigenvalue weighted by Gasteiger charge is 2.23. The maximum atomic E-state index is 14.1. The van der Waals surface area contributed by atoms with Gasteiger partial charge in [-0.2, -0.15) is 0 Å². The molecule has 0 radical (unpaired) electrons. The molecule has 1 heterocycles. The van der Waals surface area contributed by atoms with Crippen molar-refractivity contribution >= 4 is 21.6 Å². The van der Waals surface area contributed by atoms with Crippen LogP contribution >= 0.6 is 15.9 Å². The highest BCUT2D eigenvalue weighted by molar-refractivity contribution is 9.10. The van der Waals surface area contributed by atoms with E-state index in [2.05, 4.69) is 52.0 Å². The molecule has 0 fully saturated rings. The fraction of sp³-hybridized carbons (Fsp3) is 0.294. The average molecular weight is 334 g/mol. The molecule has 104 valence electrons. The first kappa shape index (κ1) is 13.6. The van der Waals surface area contributed by atoms with E-state index in [-0.39, 0.29) is 5.82 Å². The minimum atomic E-state index is -0.144. The zero-order valence-electron chi connectivity index (χ0n) is 11.4. The Hall–Kier alpha value is -1.35. The standard InChI is InChI=1S/C17H17BrFN/c1-12-6-7-13-4-2-3-5-17(13)20(12)11-14-8-9-15(18)10-16(14)19/h2-5,8-10,12H,6-7,11H2,1H3. The van der Waals surface area contributed by atoms with Crippen LogP contribution in [-0.2, 0) is 13.0 Å². The lowest BCUT2D eigenvalue weighted by Crippen LogP contribution is -2.36. The second kappa shape index (κ2) is 5.57.